The van der Waals surface area contributed by atoms with Crippen LogP contribution in [0.1, 0.15) is 68.7 Å². The molecule has 1 amide bonds. The molecular weight excluding hydrogens is 463 g/mol. The van der Waals surface area contributed by atoms with Crippen molar-refractivity contribution >= 4 is 47.2 Å². The van der Waals surface area contributed by atoms with Crippen molar-refractivity contribution in [2.45, 2.75) is 68.7 Å². The van der Waals surface area contributed by atoms with Gasteiger partial charge in [-0.05, 0) is 27.8 Å². The summed E-state index contributed by atoms with van der Waals surface area (Å²) in [5, 5.41) is 18.9. The summed E-state index contributed by atoms with van der Waals surface area (Å²) in [4.78, 5) is 23.1. The van der Waals surface area contributed by atoms with Crippen LogP contribution >= 0.6 is 12.4 Å². The quantitative estimate of drug-likeness (QED) is 0.205. The second-order valence-corrected chi connectivity index (χ2v) is 5.94. The molecule has 3 N–H and O–H groups in total. The Morgan fingerprint density at radius 2 is 1.34 bits per heavy atom. The number of Topliss-reactive ketones (excluding diaryl/α,β-unsaturated/α-hetero) is 1. The number of carbonyl (C=O) groups is 2. The number of halogens is 2. The number of nitrogens with zero attached hydrogens (tertiary/aromatic N) is 1. The van der Waals surface area contributed by atoms with Crippen LogP contribution in [0.25, 0.3) is 0 Å². The number of nitrogens with one attached hydrogen (secondary N) is 1. The van der Waals surface area contributed by atoms with Gasteiger partial charge in [-0.15, -0.1) is 36.1 Å². The molecule has 32 heavy (non-hydrogen) atoms. The van der Waals surface area contributed by atoms with E-state index in [4.69, 9.17) is 10.2 Å². The second kappa shape index (κ2) is 44.2. The van der Waals surface area contributed by atoms with Gasteiger partial charge in [0.25, 0.3) is 0 Å². The Morgan fingerprint density at radius 3 is 1.56 bits per heavy atom. The Kier molecular flexibility index (Phi) is 73.3. The van der Waals surface area contributed by atoms with Crippen molar-refractivity contribution in [3.05, 3.63) is 6.42 Å². The summed E-state index contributed by atoms with van der Waals surface area (Å²) < 4.78 is 0. The van der Waals surface area contributed by atoms with E-state index < -0.39 is 0 Å². The number of aliphatic hydroxyl groups is 2. The third-order valence-electron chi connectivity index (χ3n) is 3.03. The molecule has 0 saturated carbocycles. The molecule has 2 unspecified atom stereocenters. The molecular formula is C23H46Cl2MgN2O4. The number of hydrogen-bond acceptors (Lipinski definition) is 5. The van der Waals surface area contributed by atoms with Crippen LogP contribution in [0, 0.1) is 41.9 Å². The molecule has 0 aromatic carbocycles. The molecule has 0 fully saturated rings. The summed E-state index contributed by atoms with van der Waals surface area (Å²) in [6.45, 7) is 12.7. The molecule has 6 nitrogen and oxygen atoms in total. The molecule has 0 aromatic heterocycles. The van der Waals surface area contributed by atoms with Crippen molar-refractivity contribution in [3.63, 3.8) is 0 Å². The molecule has 9 heteroatoms. The first-order valence-corrected chi connectivity index (χ1v) is 9.29. The summed E-state index contributed by atoms with van der Waals surface area (Å²) in [6.07, 6.45) is 3.26. The average Bonchev–Trinajstić information content (AvgIpc) is 2.69. The van der Waals surface area contributed by atoms with Gasteiger partial charge < -0.3 is 33.9 Å². The number of rotatable bonds is 6. The predicted molar refractivity (Wildman–Crippen MR) is 137 cm³/mol. The minimum absolute atomic E-state index is 0. The molecule has 2 atom stereocenters. The summed E-state index contributed by atoms with van der Waals surface area (Å²) in [5.74, 6) is 11.3. The third kappa shape index (κ3) is 47.3. The third-order valence-corrected chi connectivity index (χ3v) is 3.03. The summed E-state index contributed by atoms with van der Waals surface area (Å²) >= 11 is 0. The molecule has 0 radical (unpaired) electrons. The fraction of sp³-hybridized carbons (Fsp3) is 0.696. The Bertz CT molecular complexity index is 500. The fourth-order valence-corrected chi connectivity index (χ4v) is 1.19. The van der Waals surface area contributed by atoms with Crippen molar-refractivity contribution in [2.75, 3.05) is 27.6 Å². The molecule has 0 bridgehead atoms. The normalized spacial score (nSPS) is 8.97. The molecule has 0 saturated heterocycles. The second-order valence-electron chi connectivity index (χ2n) is 5.94. The van der Waals surface area contributed by atoms with Crippen LogP contribution in [0.5, 0.6) is 0 Å². The zero-order valence-corrected chi connectivity index (χ0v) is 23.7. The zero-order valence-electron chi connectivity index (χ0n) is 20.7. The monoisotopic (exact) mass is 508 g/mol. The number of hydrogen-bond donors (Lipinski definition) is 3. The van der Waals surface area contributed by atoms with Gasteiger partial charge in [-0.1, -0.05) is 21.3 Å². The zero-order chi connectivity index (χ0) is 23.0. The smallest absolute Gasteiger partial charge is 1.00 e. The minimum atomic E-state index is -0.233. The Balaban J connectivity index is -0.0000000430. The van der Waals surface area contributed by atoms with Gasteiger partial charge in [0, 0.05) is 31.7 Å². The summed E-state index contributed by atoms with van der Waals surface area (Å²) in [7, 11) is 3.25. The molecule has 0 aliphatic carbocycles. The Labute approximate surface area is 227 Å². The van der Waals surface area contributed by atoms with E-state index in [2.05, 4.69) is 29.0 Å². The number of carbonyl (C=O) groups excluding carboxylic acids is 2. The first-order chi connectivity index (χ1) is 13.1. The molecule has 0 aromatic rings. The predicted octanol–water partition coefficient (Wildman–Crippen LogP) is 0.136. The van der Waals surface area contributed by atoms with Crippen LogP contribution in [-0.4, -0.2) is 77.4 Å². The van der Waals surface area contributed by atoms with Gasteiger partial charge in [-0.3, -0.25) is 14.9 Å². The van der Waals surface area contributed by atoms with Crippen molar-refractivity contribution in [1.82, 2.24) is 10.2 Å². The van der Waals surface area contributed by atoms with Crippen LogP contribution < -0.4 is 17.7 Å². The van der Waals surface area contributed by atoms with Gasteiger partial charge in [0.2, 0.25) is 5.91 Å². The van der Waals surface area contributed by atoms with E-state index >= 15 is 0 Å². The van der Waals surface area contributed by atoms with Gasteiger partial charge in [0.15, 0.2) is 0 Å². The van der Waals surface area contributed by atoms with E-state index in [1.54, 1.807) is 41.8 Å². The van der Waals surface area contributed by atoms with E-state index in [-0.39, 0.29) is 92.3 Å². The molecule has 0 spiro atoms. The molecule has 188 valence electrons. The standard InChI is InChI=1S/C9H15NO2.C8H12O.C3H7.C2H7NO.CH4.2ClH.Mg/c1-4-5-6-8(2)9(12)10(3)7-11;1-4-5-6-7(2)8(3)9;1-3-2;1-3-2-4;;;;/h8,11H,6-7H2,1-3H3;7H,6H2,1-3H3;3H,1-2H3;3-4H,2H2,1H3;1H4;2*1H;/q;;-1;;;;;+2/p-1. The maximum atomic E-state index is 11.3. The summed E-state index contributed by atoms with van der Waals surface area (Å²) in [6, 6.07) is 0. The maximum absolute atomic E-state index is 11.3. The Hall–Kier alpha value is -0.514. The van der Waals surface area contributed by atoms with Crippen LogP contribution in [0.2, 0.25) is 0 Å². The van der Waals surface area contributed by atoms with Gasteiger partial charge in [-0.2, -0.15) is 13.8 Å². The van der Waals surface area contributed by atoms with E-state index in [9.17, 15) is 9.59 Å². The van der Waals surface area contributed by atoms with Crippen molar-refractivity contribution < 1.29 is 32.2 Å². The first kappa shape index (κ1) is 53.1. The van der Waals surface area contributed by atoms with Gasteiger partial charge in [0.05, 0.1) is 6.73 Å². The maximum Gasteiger partial charge on any atom is 2.00 e. The molecule has 0 rings (SSSR count). The van der Waals surface area contributed by atoms with Gasteiger partial charge >= 0.3 is 23.1 Å². The molecule has 0 aliphatic heterocycles. The van der Waals surface area contributed by atoms with Gasteiger partial charge in [0.1, 0.15) is 12.5 Å². The molecule has 0 heterocycles. The van der Waals surface area contributed by atoms with E-state index in [0.717, 1.165) is 0 Å². The van der Waals surface area contributed by atoms with E-state index in [0.29, 0.717) is 12.8 Å². The molecule has 0 aliphatic rings. The number of amides is 1. The van der Waals surface area contributed by atoms with Gasteiger partial charge in [-0.25, -0.2) is 0 Å². The minimum Gasteiger partial charge on any atom is -1.00 e. The van der Waals surface area contributed by atoms with Crippen molar-refractivity contribution in [3.8, 4) is 23.7 Å². The topological polar surface area (TPSA) is 89.9 Å². The van der Waals surface area contributed by atoms with Crippen LogP contribution in [0.4, 0.5) is 0 Å². The van der Waals surface area contributed by atoms with Crippen LogP contribution in [0.15, 0.2) is 0 Å². The van der Waals surface area contributed by atoms with Crippen molar-refractivity contribution in [1.29, 1.82) is 0 Å². The first-order valence-electron chi connectivity index (χ1n) is 9.29. The Morgan fingerprint density at radius 1 is 1.03 bits per heavy atom. The van der Waals surface area contributed by atoms with Crippen molar-refractivity contribution in [2.24, 2.45) is 11.8 Å². The summed E-state index contributed by atoms with van der Waals surface area (Å²) in [5.41, 5.74) is 0. The largest absolute Gasteiger partial charge is 2.00 e. The average molecular weight is 510 g/mol. The number of ketones is 1. The van der Waals surface area contributed by atoms with E-state index in [1.807, 2.05) is 27.2 Å². The van der Waals surface area contributed by atoms with Crippen LogP contribution in [0.3, 0.4) is 0 Å². The number of aliphatic hydroxyl groups excluding tert-OH is 2. The fourth-order valence-electron chi connectivity index (χ4n) is 1.19. The SMILES string of the molecule is C.CC#CCC(C)C(=O)N(C)CO.CC#CCC(C)C(C)=O.CNCO.C[CH-]C.Cl.[Cl-].[Mg+2]. The van der Waals surface area contributed by atoms with E-state index in [1.165, 1.54) is 4.90 Å². The van der Waals surface area contributed by atoms with Crippen LogP contribution in [-0.2, 0) is 9.59 Å².